The van der Waals surface area contributed by atoms with Gasteiger partial charge >= 0.3 is 6.85 Å². The van der Waals surface area contributed by atoms with E-state index in [1.165, 1.54) is 83.6 Å². The van der Waals surface area contributed by atoms with Crippen LogP contribution in [0.5, 0.6) is 0 Å². The Hall–Kier alpha value is -7.56. The highest BCUT2D eigenvalue weighted by Crippen LogP contribution is 2.60. The van der Waals surface area contributed by atoms with Gasteiger partial charge in [0.1, 0.15) is 11.2 Å². The summed E-state index contributed by atoms with van der Waals surface area (Å²) in [6.45, 7) is 9.03. The summed E-state index contributed by atoms with van der Waals surface area (Å²) in [5, 5.41) is 2.26. The van der Waals surface area contributed by atoms with Crippen LogP contribution in [0, 0.1) is 6.92 Å². The fourth-order valence-electron chi connectivity index (χ4n) is 11.5. The lowest BCUT2D eigenvalue weighted by atomic mass is 9.42. The monoisotopic (exact) mass is 820 g/mol. The number of rotatable bonds is 4. The summed E-state index contributed by atoms with van der Waals surface area (Å²) in [4.78, 5) is 5.26. The van der Waals surface area contributed by atoms with E-state index in [1.807, 2.05) is 0 Å². The molecule has 4 heteroatoms. The van der Waals surface area contributed by atoms with Crippen LogP contribution in [0.2, 0.25) is 0 Å². The lowest BCUT2D eigenvalue weighted by Crippen LogP contribution is -2.63. The van der Waals surface area contributed by atoms with Gasteiger partial charge in [0.15, 0.2) is 0 Å². The first-order valence-corrected chi connectivity index (χ1v) is 22.5. The van der Waals surface area contributed by atoms with Crippen molar-refractivity contribution in [1.82, 2.24) is 0 Å². The maximum atomic E-state index is 6.78. The first-order chi connectivity index (χ1) is 31.3. The molecular weight excluding hydrogens is 775 g/mol. The average Bonchev–Trinajstić information content (AvgIpc) is 3.69. The number of benzene rings is 9. The molecule has 3 nitrogen and oxygen atoms in total. The number of furan rings is 1. The molecule has 0 amide bonds. The van der Waals surface area contributed by atoms with Crippen molar-refractivity contribution in [3.8, 4) is 22.3 Å². The molecule has 0 radical (unpaired) electrons. The molecule has 13 rings (SSSR count). The van der Waals surface area contributed by atoms with Gasteiger partial charge < -0.3 is 14.1 Å². The molecule has 3 aliphatic rings. The Bertz CT molecular complexity index is 3470. The van der Waals surface area contributed by atoms with Gasteiger partial charge in [-0.15, -0.1) is 0 Å². The van der Waals surface area contributed by atoms with Crippen LogP contribution in [0.15, 0.2) is 205 Å². The number of aryl methyl sites for hydroxylation is 1. The van der Waals surface area contributed by atoms with E-state index < -0.39 is 5.41 Å². The minimum absolute atomic E-state index is 0.0340. The predicted octanol–water partition coefficient (Wildman–Crippen LogP) is 14.3. The van der Waals surface area contributed by atoms with Gasteiger partial charge in [0.05, 0.1) is 11.1 Å². The van der Waals surface area contributed by atoms with E-state index in [1.54, 1.807) is 0 Å². The predicted molar refractivity (Wildman–Crippen MR) is 268 cm³/mol. The Labute approximate surface area is 375 Å². The zero-order chi connectivity index (χ0) is 42.9. The van der Waals surface area contributed by atoms with E-state index >= 15 is 0 Å². The van der Waals surface area contributed by atoms with Crippen molar-refractivity contribution in [3.05, 3.63) is 234 Å². The molecule has 0 aliphatic carbocycles. The van der Waals surface area contributed by atoms with Crippen LogP contribution in [-0.4, -0.2) is 6.85 Å². The lowest BCUT2D eigenvalue weighted by Gasteiger charge is -2.53. The Balaban J connectivity index is 1.19. The van der Waals surface area contributed by atoms with E-state index in [-0.39, 0.29) is 12.3 Å². The van der Waals surface area contributed by atoms with Crippen molar-refractivity contribution in [2.24, 2.45) is 0 Å². The van der Waals surface area contributed by atoms with E-state index in [4.69, 9.17) is 4.42 Å². The molecule has 0 spiro atoms. The quantitative estimate of drug-likeness (QED) is 0.165. The van der Waals surface area contributed by atoms with Gasteiger partial charge in [-0.25, -0.2) is 0 Å². The molecule has 4 heterocycles. The van der Waals surface area contributed by atoms with Crippen molar-refractivity contribution >= 4 is 68.1 Å². The van der Waals surface area contributed by atoms with E-state index in [9.17, 15) is 0 Å². The van der Waals surface area contributed by atoms with Gasteiger partial charge in [-0.3, -0.25) is 0 Å². The minimum atomic E-state index is -0.571. The highest BCUT2D eigenvalue weighted by atomic mass is 16.3. The molecule has 64 heavy (non-hydrogen) atoms. The van der Waals surface area contributed by atoms with E-state index in [0.29, 0.717) is 0 Å². The van der Waals surface area contributed by atoms with Crippen LogP contribution in [0.3, 0.4) is 0 Å². The van der Waals surface area contributed by atoms with Crippen LogP contribution < -0.4 is 20.6 Å². The molecular formula is C60H45BN2O. The summed E-state index contributed by atoms with van der Waals surface area (Å²) < 4.78 is 6.78. The van der Waals surface area contributed by atoms with Gasteiger partial charge in [-0.2, -0.15) is 0 Å². The molecule has 0 atom stereocenters. The number of para-hydroxylation sites is 3. The minimum Gasteiger partial charge on any atom is -0.456 e. The first-order valence-electron chi connectivity index (χ1n) is 22.5. The Morgan fingerprint density at radius 1 is 0.484 bits per heavy atom. The SMILES string of the molecule is Cc1cc2c3c(c1)N(c1ccc(C(C)(C)C)cc1-c1ccccc1)c1cc4oc5ccccc5c4cc1B3N1c3ccccc3C(c3ccccc3)(c3ccccc3)c3cccc-2c31. The zero-order valence-electron chi connectivity index (χ0n) is 36.4. The smallest absolute Gasteiger partial charge is 0.333 e. The summed E-state index contributed by atoms with van der Waals surface area (Å²) in [6, 6.07) is 74.8. The zero-order valence-corrected chi connectivity index (χ0v) is 36.4. The van der Waals surface area contributed by atoms with Crippen molar-refractivity contribution < 1.29 is 4.42 Å². The molecule has 9 aromatic carbocycles. The highest BCUT2D eigenvalue weighted by molar-refractivity contribution is 6.94. The molecule has 3 aliphatic heterocycles. The normalized spacial score (nSPS) is 14.3. The van der Waals surface area contributed by atoms with Crippen LogP contribution in [0.1, 0.15) is 54.2 Å². The van der Waals surface area contributed by atoms with Gasteiger partial charge in [0.2, 0.25) is 0 Å². The molecule has 304 valence electrons. The maximum Gasteiger partial charge on any atom is 0.333 e. The number of anilines is 5. The third-order valence-corrected chi connectivity index (χ3v) is 14.3. The van der Waals surface area contributed by atoms with Crippen molar-refractivity contribution in [2.75, 3.05) is 9.71 Å². The molecule has 0 unspecified atom stereocenters. The Morgan fingerprint density at radius 3 is 1.91 bits per heavy atom. The van der Waals surface area contributed by atoms with Crippen molar-refractivity contribution in [1.29, 1.82) is 0 Å². The van der Waals surface area contributed by atoms with E-state index in [2.05, 4.69) is 238 Å². The van der Waals surface area contributed by atoms with Crippen molar-refractivity contribution in [2.45, 2.75) is 38.5 Å². The second kappa shape index (κ2) is 13.5. The van der Waals surface area contributed by atoms with E-state index in [0.717, 1.165) is 33.3 Å². The molecule has 0 bridgehead atoms. The van der Waals surface area contributed by atoms with Crippen LogP contribution >= 0.6 is 0 Å². The van der Waals surface area contributed by atoms with Crippen molar-refractivity contribution in [3.63, 3.8) is 0 Å². The molecule has 10 aromatic rings. The van der Waals surface area contributed by atoms with Gasteiger partial charge in [0, 0.05) is 50.7 Å². The molecule has 0 saturated carbocycles. The largest absolute Gasteiger partial charge is 0.456 e. The summed E-state index contributed by atoms with van der Waals surface area (Å²) in [6.07, 6.45) is 0. The topological polar surface area (TPSA) is 19.6 Å². The summed E-state index contributed by atoms with van der Waals surface area (Å²) in [7, 11) is 0. The molecule has 0 N–H and O–H groups in total. The number of hydrogen-bond acceptors (Lipinski definition) is 3. The second-order valence-electron chi connectivity index (χ2n) is 18.9. The van der Waals surface area contributed by atoms with Gasteiger partial charge in [-0.1, -0.05) is 185 Å². The standard InChI is InChI=1S/C60H45BN2O/c1-38-33-47-44-26-18-28-49-58(44)63(52-29-16-15-27-48(52)60(49,40-21-10-6-11-22-40)41-23-12-7-13-24-41)61-50-36-46-43-25-14-17-30-55(43)64-56(46)37-53(50)62(54(34-38)57(47)61)51-32-31-42(59(2,3)4)35-45(51)39-19-8-5-9-20-39/h5-37H,1-4H3. The fraction of sp³-hybridized carbons (Fsp3) is 0.100. The first kappa shape index (κ1) is 37.0. The summed E-state index contributed by atoms with van der Waals surface area (Å²) in [5.74, 6) is 0. The lowest BCUT2D eigenvalue weighted by molar-refractivity contribution is 0.590. The maximum absolute atomic E-state index is 6.78. The molecule has 0 fully saturated rings. The van der Waals surface area contributed by atoms with Crippen LogP contribution in [0.25, 0.3) is 44.2 Å². The summed E-state index contributed by atoms with van der Waals surface area (Å²) >= 11 is 0. The highest BCUT2D eigenvalue weighted by Gasteiger charge is 2.53. The Kier molecular flexibility index (Phi) is 7.80. The molecule has 0 saturated heterocycles. The third-order valence-electron chi connectivity index (χ3n) is 14.3. The number of nitrogens with zero attached hydrogens (tertiary/aromatic N) is 2. The Morgan fingerprint density at radius 2 is 1.16 bits per heavy atom. The molecule has 1 aromatic heterocycles. The van der Waals surface area contributed by atoms with Crippen LogP contribution in [-0.2, 0) is 10.8 Å². The number of hydrogen-bond donors (Lipinski definition) is 0. The van der Waals surface area contributed by atoms with Crippen LogP contribution in [0.4, 0.5) is 28.4 Å². The van der Waals surface area contributed by atoms with Gasteiger partial charge in [-0.05, 0) is 98.1 Å². The fourth-order valence-corrected chi connectivity index (χ4v) is 11.5. The summed E-state index contributed by atoms with van der Waals surface area (Å²) in [5.41, 5.74) is 22.2. The van der Waals surface area contributed by atoms with Gasteiger partial charge in [0.25, 0.3) is 0 Å². The third kappa shape index (κ3) is 5.05. The average molecular weight is 821 g/mol. The number of fused-ring (bicyclic) bond motifs is 9. The second-order valence-corrected chi connectivity index (χ2v) is 18.9.